The van der Waals surface area contributed by atoms with Crippen LogP contribution >= 0.6 is 11.6 Å². The van der Waals surface area contributed by atoms with Crippen LogP contribution in [0.15, 0.2) is 36.4 Å². The summed E-state index contributed by atoms with van der Waals surface area (Å²) in [6, 6.07) is 11.0. The Labute approximate surface area is 137 Å². The van der Waals surface area contributed by atoms with Crippen molar-refractivity contribution in [3.63, 3.8) is 0 Å². The fourth-order valence-electron chi connectivity index (χ4n) is 2.66. The Morgan fingerprint density at radius 1 is 1.17 bits per heavy atom. The summed E-state index contributed by atoms with van der Waals surface area (Å²) in [6.07, 6.45) is -0.388. The van der Waals surface area contributed by atoms with Gasteiger partial charge in [0.25, 0.3) is 0 Å². The molecule has 1 fully saturated rings. The molecule has 0 amide bonds. The van der Waals surface area contributed by atoms with Gasteiger partial charge in [0, 0.05) is 18.1 Å². The second-order valence-corrected chi connectivity index (χ2v) is 5.69. The summed E-state index contributed by atoms with van der Waals surface area (Å²) < 4.78 is 32.2. The van der Waals surface area contributed by atoms with Gasteiger partial charge in [-0.3, -0.25) is 0 Å². The minimum Gasteiger partial charge on any atom is -0.370 e. The molecule has 1 saturated heterocycles. The maximum absolute atomic E-state index is 13.4. The van der Waals surface area contributed by atoms with E-state index in [1.807, 2.05) is 4.90 Å². The highest BCUT2D eigenvalue weighted by Crippen LogP contribution is 2.30. The maximum Gasteiger partial charge on any atom is 0.159 e. The first kappa shape index (κ1) is 15.7. The molecule has 3 nitrogen and oxygen atoms in total. The fraction of sp³-hybridized carbons (Fsp3) is 0.235. The Morgan fingerprint density at radius 2 is 2.00 bits per heavy atom. The molecule has 0 bridgehead atoms. The van der Waals surface area contributed by atoms with Gasteiger partial charge in [0.15, 0.2) is 11.6 Å². The van der Waals surface area contributed by atoms with Crippen LogP contribution in [0.25, 0.3) is 0 Å². The molecule has 23 heavy (non-hydrogen) atoms. The van der Waals surface area contributed by atoms with Gasteiger partial charge in [0.2, 0.25) is 0 Å². The molecule has 1 aliphatic heterocycles. The lowest BCUT2D eigenvalue weighted by atomic mass is 10.1. The summed E-state index contributed by atoms with van der Waals surface area (Å²) >= 11 is 5.92. The highest BCUT2D eigenvalue weighted by molar-refractivity contribution is 6.30. The van der Waals surface area contributed by atoms with E-state index in [2.05, 4.69) is 6.07 Å². The molecule has 1 atom stereocenters. The number of rotatable bonds is 2. The van der Waals surface area contributed by atoms with Gasteiger partial charge in [-0.1, -0.05) is 17.7 Å². The van der Waals surface area contributed by atoms with Gasteiger partial charge >= 0.3 is 0 Å². The van der Waals surface area contributed by atoms with Crippen molar-refractivity contribution < 1.29 is 13.5 Å². The fourth-order valence-corrected chi connectivity index (χ4v) is 2.83. The zero-order chi connectivity index (χ0) is 16.4. The van der Waals surface area contributed by atoms with Crippen molar-refractivity contribution in [2.24, 2.45) is 0 Å². The minimum absolute atomic E-state index is 0.388. The van der Waals surface area contributed by atoms with E-state index in [1.54, 1.807) is 18.2 Å². The van der Waals surface area contributed by atoms with Crippen LogP contribution in [0.2, 0.25) is 5.02 Å². The van der Waals surface area contributed by atoms with Crippen molar-refractivity contribution in [3.8, 4) is 6.07 Å². The van der Waals surface area contributed by atoms with Crippen LogP contribution in [-0.2, 0) is 4.74 Å². The van der Waals surface area contributed by atoms with Crippen LogP contribution in [-0.4, -0.2) is 19.7 Å². The second kappa shape index (κ2) is 6.53. The number of ether oxygens (including phenoxy) is 1. The van der Waals surface area contributed by atoms with Crippen LogP contribution < -0.4 is 4.90 Å². The van der Waals surface area contributed by atoms with Crippen molar-refractivity contribution in [1.82, 2.24) is 0 Å². The SMILES string of the molecule is N#Cc1cc(Cl)ccc1N1CCOC(c2ccc(F)c(F)c2)C1. The standard InChI is InChI=1S/C17H13ClF2N2O/c18-13-2-4-16(12(7-13)9-21)22-5-6-23-17(10-22)11-1-3-14(19)15(20)8-11/h1-4,7-8,17H,5-6,10H2. The first-order valence-corrected chi connectivity index (χ1v) is 7.47. The number of benzene rings is 2. The number of hydrogen-bond donors (Lipinski definition) is 0. The normalized spacial score (nSPS) is 17.8. The molecule has 118 valence electrons. The van der Waals surface area contributed by atoms with E-state index >= 15 is 0 Å². The average molecular weight is 335 g/mol. The van der Waals surface area contributed by atoms with Gasteiger partial charge in [0.05, 0.1) is 17.9 Å². The van der Waals surface area contributed by atoms with E-state index in [1.165, 1.54) is 6.07 Å². The summed E-state index contributed by atoms with van der Waals surface area (Å²) in [6.45, 7) is 1.48. The van der Waals surface area contributed by atoms with Crippen LogP contribution in [0.1, 0.15) is 17.2 Å². The molecule has 0 spiro atoms. The predicted octanol–water partition coefficient (Wildman–Crippen LogP) is 4.07. The zero-order valence-electron chi connectivity index (χ0n) is 12.1. The molecule has 0 aliphatic carbocycles. The summed E-state index contributed by atoms with van der Waals surface area (Å²) in [5.41, 5.74) is 1.80. The second-order valence-electron chi connectivity index (χ2n) is 5.25. The molecule has 0 radical (unpaired) electrons. The first-order valence-electron chi connectivity index (χ1n) is 7.09. The molecular weight excluding hydrogens is 322 g/mol. The van der Waals surface area contributed by atoms with Crippen molar-refractivity contribution >= 4 is 17.3 Å². The number of halogens is 3. The summed E-state index contributed by atoms with van der Waals surface area (Å²) in [5.74, 6) is -1.78. The highest BCUT2D eigenvalue weighted by atomic mass is 35.5. The lowest BCUT2D eigenvalue weighted by Gasteiger charge is -2.35. The van der Waals surface area contributed by atoms with Crippen LogP contribution in [0.3, 0.4) is 0 Å². The molecule has 1 aliphatic rings. The van der Waals surface area contributed by atoms with E-state index in [9.17, 15) is 14.0 Å². The van der Waals surface area contributed by atoms with Crippen molar-refractivity contribution in [1.29, 1.82) is 5.26 Å². The minimum atomic E-state index is -0.896. The third-order valence-electron chi connectivity index (χ3n) is 3.80. The predicted molar refractivity (Wildman–Crippen MR) is 83.4 cm³/mol. The average Bonchev–Trinajstić information content (AvgIpc) is 2.57. The third kappa shape index (κ3) is 3.29. The third-order valence-corrected chi connectivity index (χ3v) is 4.04. The molecular formula is C17H13ClF2N2O. The Bertz CT molecular complexity index is 776. The van der Waals surface area contributed by atoms with Crippen LogP contribution in [0, 0.1) is 23.0 Å². The van der Waals surface area contributed by atoms with Crippen molar-refractivity contribution in [2.45, 2.75) is 6.10 Å². The Kier molecular flexibility index (Phi) is 4.46. The molecule has 1 unspecified atom stereocenters. The Morgan fingerprint density at radius 3 is 2.74 bits per heavy atom. The van der Waals surface area contributed by atoms with E-state index in [4.69, 9.17) is 16.3 Å². The number of hydrogen-bond acceptors (Lipinski definition) is 3. The van der Waals surface area contributed by atoms with Crippen LogP contribution in [0.4, 0.5) is 14.5 Å². The van der Waals surface area contributed by atoms with E-state index in [0.717, 1.165) is 17.8 Å². The zero-order valence-corrected chi connectivity index (χ0v) is 12.9. The van der Waals surface area contributed by atoms with Crippen LogP contribution in [0.5, 0.6) is 0 Å². The number of anilines is 1. The van der Waals surface area contributed by atoms with Gasteiger partial charge in [-0.15, -0.1) is 0 Å². The Balaban J connectivity index is 1.86. The Hall–Kier alpha value is -2.16. The molecule has 1 heterocycles. The molecule has 0 saturated carbocycles. The topological polar surface area (TPSA) is 36.3 Å². The summed E-state index contributed by atoms with van der Waals surface area (Å²) in [4.78, 5) is 1.99. The van der Waals surface area contributed by atoms with Gasteiger partial charge in [-0.2, -0.15) is 5.26 Å². The molecule has 3 rings (SSSR count). The van der Waals surface area contributed by atoms with Gasteiger partial charge < -0.3 is 9.64 Å². The van der Waals surface area contributed by atoms with E-state index in [-0.39, 0.29) is 6.10 Å². The number of morpholine rings is 1. The molecule has 6 heteroatoms. The quantitative estimate of drug-likeness (QED) is 0.830. The van der Waals surface area contributed by atoms with Gasteiger partial charge in [-0.05, 0) is 35.9 Å². The van der Waals surface area contributed by atoms with Gasteiger partial charge in [0.1, 0.15) is 12.2 Å². The van der Waals surface area contributed by atoms with E-state index < -0.39 is 11.6 Å². The molecule has 0 N–H and O–H groups in total. The molecule has 2 aromatic rings. The lowest BCUT2D eigenvalue weighted by Crippen LogP contribution is -2.38. The number of nitriles is 1. The number of nitrogens with zero attached hydrogens (tertiary/aromatic N) is 2. The molecule has 2 aromatic carbocycles. The molecule has 0 aromatic heterocycles. The van der Waals surface area contributed by atoms with Crippen molar-refractivity contribution in [2.75, 3.05) is 24.6 Å². The largest absolute Gasteiger partial charge is 0.370 e. The van der Waals surface area contributed by atoms with Gasteiger partial charge in [-0.25, -0.2) is 8.78 Å². The first-order chi connectivity index (χ1) is 11.1. The monoisotopic (exact) mass is 334 g/mol. The maximum atomic E-state index is 13.4. The summed E-state index contributed by atoms with van der Waals surface area (Å²) in [5, 5.41) is 9.76. The highest BCUT2D eigenvalue weighted by Gasteiger charge is 2.24. The van der Waals surface area contributed by atoms with Crippen molar-refractivity contribution in [3.05, 3.63) is 64.2 Å². The summed E-state index contributed by atoms with van der Waals surface area (Å²) in [7, 11) is 0. The van der Waals surface area contributed by atoms with E-state index in [0.29, 0.717) is 35.8 Å². The lowest BCUT2D eigenvalue weighted by molar-refractivity contribution is 0.0395. The smallest absolute Gasteiger partial charge is 0.159 e.